The first-order chi connectivity index (χ1) is 14.2. The van der Waals surface area contributed by atoms with E-state index in [-0.39, 0.29) is 11.0 Å². The van der Waals surface area contributed by atoms with Crippen molar-refractivity contribution in [2.24, 2.45) is 5.41 Å². The fourth-order valence-corrected chi connectivity index (χ4v) is 5.43. The third-order valence-electron chi connectivity index (χ3n) is 4.51. The Labute approximate surface area is 186 Å². The molecule has 0 aromatic carbocycles. The highest BCUT2D eigenvalue weighted by atomic mass is 32.1. The lowest BCUT2D eigenvalue weighted by Gasteiger charge is -2.34. The highest BCUT2D eigenvalue weighted by molar-refractivity contribution is 7.16. The van der Waals surface area contributed by atoms with Crippen molar-refractivity contribution in [1.29, 1.82) is 0 Å². The minimum atomic E-state index is -0.0657. The Morgan fingerprint density at radius 3 is 2.63 bits per heavy atom. The molecule has 4 heterocycles. The van der Waals surface area contributed by atoms with Crippen molar-refractivity contribution in [3.63, 3.8) is 0 Å². The summed E-state index contributed by atoms with van der Waals surface area (Å²) in [5.41, 5.74) is 1.93. The molecule has 154 valence electrons. The van der Waals surface area contributed by atoms with Crippen molar-refractivity contribution in [2.75, 3.05) is 5.32 Å². The maximum absolute atomic E-state index is 4.92. The van der Waals surface area contributed by atoms with Crippen LogP contribution in [0.3, 0.4) is 0 Å². The number of fused-ring (bicyclic) bond motifs is 1. The molecule has 0 amide bonds. The van der Waals surface area contributed by atoms with Crippen LogP contribution in [0.1, 0.15) is 51.6 Å². The first-order valence-corrected chi connectivity index (χ1v) is 11.7. The average Bonchev–Trinajstić information content (AvgIpc) is 3.36. The highest BCUT2D eigenvalue weighted by Crippen LogP contribution is 2.38. The molecule has 4 rings (SSSR count). The number of anilines is 1. The summed E-state index contributed by atoms with van der Waals surface area (Å²) in [7, 11) is 0. The van der Waals surface area contributed by atoms with Gasteiger partial charge in [-0.25, -0.2) is 9.97 Å². The monoisotopic (exact) mass is 434 g/mol. The van der Waals surface area contributed by atoms with Crippen molar-refractivity contribution in [3.8, 4) is 22.4 Å². The molecular formula is C24H26N4S2. The molecule has 0 aliphatic carbocycles. The van der Waals surface area contributed by atoms with Crippen LogP contribution >= 0.6 is 22.7 Å². The molecule has 0 aliphatic heterocycles. The molecule has 0 saturated carbocycles. The van der Waals surface area contributed by atoms with Gasteiger partial charge in [0.2, 0.25) is 0 Å². The predicted octanol–water partition coefficient (Wildman–Crippen LogP) is 6.55. The average molecular weight is 435 g/mol. The molecule has 4 aromatic rings. The minimum absolute atomic E-state index is 0.0657. The molecule has 0 unspecified atom stereocenters. The van der Waals surface area contributed by atoms with Crippen molar-refractivity contribution in [3.05, 3.63) is 58.7 Å². The van der Waals surface area contributed by atoms with Crippen LogP contribution in [0, 0.1) is 17.3 Å². The van der Waals surface area contributed by atoms with Crippen molar-refractivity contribution >= 4 is 33.5 Å². The number of nitrogens with zero attached hydrogens (tertiary/aromatic N) is 3. The van der Waals surface area contributed by atoms with E-state index < -0.39 is 0 Å². The topological polar surface area (TPSA) is 42.2 Å². The quantitative estimate of drug-likeness (QED) is 0.371. The summed E-state index contributed by atoms with van der Waals surface area (Å²) in [5.74, 6) is 7.41. The van der Waals surface area contributed by atoms with Gasteiger partial charge < -0.3 is 5.32 Å². The number of rotatable bonds is 4. The van der Waals surface area contributed by atoms with E-state index in [9.17, 15) is 0 Å². The summed E-state index contributed by atoms with van der Waals surface area (Å²) in [5, 5.41) is 5.86. The van der Waals surface area contributed by atoms with Gasteiger partial charge in [-0.1, -0.05) is 26.8 Å². The molecule has 4 nitrogen and oxygen atoms in total. The molecule has 0 bridgehead atoms. The van der Waals surface area contributed by atoms with Crippen LogP contribution in [0.4, 0.5) is 5.82 Å². The van der Waals surface area contributed by atoms with E-state index in [0.717, 1.165) is 38.3 Å². The molecule has 4 aromatic heterocycles. The van der Waals surface area contributed by atoms with Gasteiger partial charge in [0, 0.05) is 23.3 Å². The molecular weight excluding hydrogens is 408 g/mol. The fraction of sp³-hybridized carbons (Fsp3) is 0.333. The highest BCUT2D eigenvalue weighted by Gasteiger charge is 2.28. The first-order valence-electron chi connectivity index (χ1n) is 9.97. The van der Waals surface area contributed by atoms with Gasteiger partial charge in [-0.15, -0.1) is 22.7 Å². The number of thiazole rings is 1. The Bertz CT molecular complexity index is 1210. The van der Waals surface area contributed by atoms with Gasteiger partial charge in [0.1, 0.15) is 17.2 Å². The number of hydrogen-bond acceptors (Lipinski definition) is 5. The lowest BCUT2D eigenvalue weighted by atomic mass is 9.82. The second-order valence-electron chi connectivity index (χ2n) is 9.24. The van der Waals surface area contributed by atoms with Crippen molar-refractivity contribution in [2.45, 2.75) is 46.6 Å². The molecule has 1 N–H and O–H groups in total. The van der Waals surface area contributed by atoms with Gasteiger partial charge in [0.05, 0.1) is 9.75 Å². The van der Waals surface area contributed by atoms with Gasteiger partial charge in [-0.2, -0.15) is 0 Å². The maximum Gasteiger partial charge on any atom is 0.195 e. The third kappa shape index (κ3) is 4.75. The van der Waals surface area contributed by atoms with Crippen molar-refractivity contribution < 1.29 is 0 Å². The van der Waals surface area contributed by atoms with Gasteiger partial charge in [-0.05, 0) is 61.8 Å². The Morgan fingerprint density at radius 1 is 1.07 bits per heavy atom. The normalized spacial score (nSPS) is 12.0. The summed E-state index contributed by atoms with van der Waals surface area (Å²) in [6.45, 7) is 11.3. The molecule has 0 atom stereocenters. The first kappa shape index (κ1) is 20.6. The zero-order valence-corrected chi connectivity index (χ0v) is 19.6. The maximum atomic E-state index is 4.92. The Balaban J connectivity index is 1.67. The summed E-state index contributed by atoms with van der Waals surface area (Å²) in [6, 6.07) is 9.94. The van der Waals surface area contributed by atoms with Crippen LogP contribution in [0.15, 0.2) is 48.1 Å². The van der Waals surface area contributed by atoms with E-state index in [0.29, 0.717) is 0 Å². The number of imidazole rings is 1. The third-order valence-corrected chi connectivity index (χ3v) is 6.27. The van der Waals surface area contributed by atoms with Gasteiger partial charge >= 0.3 is 0 Å². The van der Waals surface area contributed by atoms with Gasteiger partial charge in [0.25, 0.3) is 0 Å². The second-order valence-corrected chi connectivity index (χ2v) is 11.2. The van der Waals surface area contributed by atoms with Gasteiger partial charge in [0.15, 0.2) is 4.96 Å². The zero-order chi connectivity index (χ0) is 21.4. The smallest absolute Gasteiger partial charge is 0.195 e. The number of hydrogen-bond donors (Lipinski definition) is 1. The Kier molecular flexibility index (Phi) is 5.44. The molecule has 0 aliphatic rings. The van der Waals surface area contributed by atoms with E-state index >= 15 is 0 Å². The van der Waals surface area contributed by atoms with E-state index in [1.807, 2.05) is 18.2 Å². The number of nitrogens with one attached hydrogen (secondary N) is 1. The Morgan fingerprint density at radius 2 is 1.90 bits per heavy atom. The van der Waals surface area contributed by atoms with Crippen LogP contribution in [0.5, 0.6) is 0 Å². The van der Waals surface area contributed by atoms with Crippen LogP contribution in [-0.4, -0.2) is 19.9 Å². The van der Waals surface area contributed by atoms with Crippen LogP contribution in [-0.2, 0) is 0 Å². The largest absolute Gasteiger partial charge is 0.364 e. The number of pyridine rings is 1. The predicted molar refractivity (Wildman–Crippen MR) is 128 cm³/mol. The van der Waals surface area contributed by atoms with Crippen molar-refractivity contribution in [1.82, 2.24) is 14.4 Å². The van der Waals surface area contributed by atoms with Gasteiger partial charge in [-0.3, -0.25) is 4.40 Å². The van der Waals surface area contributed by atoms with Crippen LogP contribution in [0.2, 0.25) is 0 Å². The molecule has 0 saturated heterocycles. The van der Waals surface area contributed by atoms with Crippen LogP contribution in [0.25, 0.3) is 15.5 Å². The molecule has 0 radical (unpaired) electrons. The fourth-order valence-electron chi connectivity index (χ4n) is 3.86. The number of thiophene rings is 1. The minimum Gasteiger partial charge on any atom is -0.364 e. The second kappa shape index (κ2) is 7.90. The summed E-state index contributed by atoms with van der Waals surface area (Å²) in [6.07, 6.45) is 4.89. The molecule has 6 heteroatoms. The molecule has 0 fully saturated rings. The van der Waals surface area contributed by atoms with E-state index in [4.69, 9.17) is 4.98 Å². The molecule has 30 heavy (non-hydrogen) atoms. The standard InChI is InChI=1S/C24H26N4S2/c1-23(2,3)16-24(4,5)27-21-20(26-22-28(21)14-15-29-22)19-12-11-18(30-19)10-9-17-8-6-7-13-25-17/h6-8,11-15,27H,16H2,1-5H3. The van der Waals surface area contributed by atoms with E-state index in [1.54, 1.807) is 28.9 Å². The summed E-state index contributed by atoms with van der Waals surface area (Å²) in [4.78, 5) is 12.3. The zero-order valence-electron chi connectivity index (χ0n) is 18.0. The Hall–Kier alpha value is -2.62. The lowest BCUT2D eigenvalue weighted by molar-refractivity contribution is 0.302. The SMILES string of the molecule is CC(C)(C)CC(C)(C)Nc1c(-c2ccc(C#Cc3ccccn3)s2)nc2sccn12. The number of aromatic nitrogens is 3. The van der Waals surface area contributed by atoms with E-state index in [2.05, 4.69) is 84.9 Å². The lowest BCUT2D eigenvalue weighted by Crippen LogP contribution is -2.36. The summed E-state index contributed by atoms with van der Waals surface area (Å²) >= 11 is 3.32. The van der Waals surface area contributed by atoms with E-state index in [1.165, 1.54) is 0 Å². The summed E-state index contributed by atoms with van der Waals surface area (Å²) < 4.78 is 2.16. The molecule has 0 spiro atoms. The van der Waals surface area contributed by atoms with Crippen LogP contribution < -0.4 is 5.32 Å².